The molecule has 2 aliphatic carbocycles. The molecule has 1 amide bonds. The quantitative estimate of drug-likeness (QED) is 0.820. The topological polar surface area (TPSA) is 66.8 Å². The average Bonchev–Trinajstić information content (AvgIpc) is 2.94. The number of benzene rings is 1. The van der Waals surface area contributed by atoms with E-state index in [1.54, 1.807) is 24.1 Å². The van der Waals surface area contributed by atoms with E-state index in [4.69, 9.17) is 4.74 Å². The van der Waals surface area contributed by atoms with Gasteiger partial charge in [0.05, 0.1) is 25.2 Å². The lowest BCUT2D eigenvalue weighted by molar-refractivity contribution is -0.132. The SMILES string of the molecule is COc1ccc(N2C(=O)[C@@H]3[C@H]2[C@@H](O)C2=CC(=O)C[C@@H]23)cc1. The van der Waals surface area contributed by atoms with Crippen LogP contribution in [-0.4, -0.2) is 36.1 Å². The summed E-state index contributed by atoms with van der Waals surface area (Å²) >= 11 is 0. The second kappa shape index (κ2) is 4.18. The molecular formula is C16H15NO4. The molecule has 21 heavy (non-hydrogen) atoms. The first-order valence-corrected chi connectivity index (χ1v) is 7.01. The van der Waals surface area contributed by atoms with Crippen LogP contribution in [0.3, 0.4) is 0 Å². The van der Waals surface area contributed by atoms with Crippen molar-refractivity contribution in [1.29, 1.82) is 0 Å². The molecule has 3 aliphatic rings. The van der Waals surface area contributed by atoms with Gasteiger partial charge in [-0.1, -0.05) is 0 Å². The second-order valence-electron chi connectivity index (χ2n) is 5.79. The zero-order valence-electron chi connectivity index (χ0n) is 11.5. The Labute approximate surface area is 121 Å². The van der Waals surface area contributed by atoms with Gasteiger partial charge >= 0.3 is 0 Å². The number of rotatable bonds is 2. The maximum atomic E-state index is 12.4. The number of allylic oxidation sites excluding steroid dienone is 1. The second-order valence-corrected chi connectivity index (χ2v) is 5.79. The zero-order valence-corrected chi connectivity index (χ0v) is 11.5. The van der Waals surface area contributed by atoms with E-state index in [0.29, 0.717) is 6.42 Å². The minimum atomic E-state index is -0.730. The number of carbonyl (C=O) groups is 2. The molecule has 1 aromatic carbocycles. The Kier molecular flexibility index (Phi) is 2.50. The first-order chi connectivity index (χ1) is 10.1. The van der Waals surface area contributed by atoms with E-state index >= 15 is 0 Å². The van der Waals surface area contributed by atoms with E-state index in [2.05, 4.69) is 0 Å². The van der Waals surface area contributed by atoms with Crippen LogP contribution in [0.25, 0.3) is 0 Å². The standard InChI is InChI=1S/C16H15NO4/c1-21-10-4-2-8(3-5-10)17-14-13(16(17)20)11-6-9(18)7-12(11)15(14)19/h2-5,7,11,13-15,19H,6H2,1H3/t11-,13-,14-,15-/m0/s1. The van der Waals surface area contributed by atoms with Gasteiger partial charge in [-0.05, 0) is 35.9 Å². The summed E-state index contributed by atoms with van der Waals surface area (Å²) in [5, 5.41) is 10.4. The van der Waals surface area contributed by atoms with E-state index in [9.17, 15) is 14.7 Å². The Morgan fingerprint density at radius 2 is 1.95 bits per heavy atom. The summed E-state index contributed by atoms with van der Waals surface area (Å²) in [5.41, 5.74) is 1.49. The third kappa shape index (κ3) is 1.55. The van der Waals surface area contributed by atoms with Gasteiger partial charge in [-0.2, -0.15) is 0 Å². The van der Waals surface area contributed by atoms with Crippen molar-refractivity contribution in [2.75, 3.05) is 12.0 Å². The summed E-state index contributed by atoms with van der Waals surface area (Å²) in [6.45, 7) is 0. The number of aliphatic hydroxyl groups excluding tert-OH is 1. The molecule has 0 bridgehead atoms. The average molecular weight is 285 g/mol. The van der Waals surface area contributed by atoms with E-state index in [1.165, 1.54) is 6.08 Å². The van der Waals surface area contributed by atoms with Crippen LogP contribution in [0.1, 0.15) is 6.42 Å². The lowest BCUT2D eigenvalue weighted by Crippen LogP contribution is -2.63. The molecule has 1 heterocycles. The molecule has 1 aromatic rings. The van der Waals surface area contributed by atoms with Crippen molar-refractivity contribution in [2.24, 2.45) is 11.8 Å². The molecule has 1 saturated carbocycles. The van der Waals surface area contributed by atoms with Gasteiger partial charge in [-0.15, -0.1) is 0 Å². The molecule has 5 nitrogen and oxygen atoms in total. The molecule has 2 fully saturated rings. The summed E-state index contributed by atoms with van der Waals surface area (Å²) in [4.78, 5) is 25.6. The van der Waals surface area contributed by atoms with Crippen LogP contribution in [-0.2, 0) is 9.59 Å². The number of hydrogen-bond donors (Lipinski definition) is 1. The Morgan fingerprint density at radius 1 is 1.24 bits per heavy atom. The van der Waals surface area contributed by atoms with Crippen molar-refractivity contribution in [3.8, 4) is 5.75 Å². The Hall–Kier alpha value is -2.14. The Balaban J connectivity index is 1.66. The number of methoxy groups -OCH3 is 1. The predicted octanol–water partition coefficient (Wildman–Crippen LogP) is 0.917. The Morgan fingerprint density at radius 3 is 2.62 bits per heavy atom. The highest BCUT2D eigenvalue weighted by atomic mass is 16.5. The monoisotopic (exact) mass is 285 g/mol. The third-order valence-corrected chi connectivity index (χ3v) is 4.81. The van der Waals surface area contributed by atoms with Gasteiger partial charge in [-0.3, -0.25) is 9.59 Å². The summed E-state index contributed by atoms with van der Waals surface area (Å²) < 4.78 is 5.11. The molecule has 108 valence electrons. The van der Waals surface area contributed by atoms with Crippen LogP contribution < -0.4 is 9.64 Å². The molecule has 0 radical (unpaired) electrons. The lowest BCUT2D eigenvalue weighted by Gasteiger charge is -2.45. The van der Waals surface area contributed by atoms with Gasteiger partial charge in [0.15, 0.2) is 5.78 Å². The molecule has 1 saturated heterocycles. The number of carbonyl (C=O) groups excluding carboxylic acids is 2. The molecule has 1 N–H and O–H groups in total. The fourth-order valence-electron chi connectivity index (χ4n) is 3.84. The van der Waals surface area contributed by atoms with Crippen LogP contribution in [0, 0.1) is 11.8 Å². The minimum Gasteiger partial charge on any atom is -0.497 e. The number of fused-ring (bicyclic) bond motifs is 3. The van der Waals surface area contributed by atoms with E-state index in [1.807, 2.05) is 12.1 Å². The lowest BCUT2D eigenvalue weighted by atomic mass is 9.82. The van der Waals surface area contributed by atoms with Crippen molar-refractivity contribution >= 4 is 17.4 Å². The highest BCUT2D eigenvalue weighted by Crippen LogP contribution is 2.52. The molecule has 4 rings (SSSR count). The molecule has 0 spiro atoms. The largest absolute Gasteiger partial charge is 0.497 e. The molecular weight excluding hydrogens is 270 g/mol. The molecule has 0 unspecified atom stereocenters. The molecule has 5 heteroatoms. The zero-order chi connectivity index (χ0) is 14.7. The van der Waals surface area contributed by atoms with Crippen LogP contribution in [0.2, 0.25) is 0 Å². The summed E-state index contributed by atoms with van der Waals surface area (Å²) in [7, 11) is 1.59. The van der Waals surface area contributed by atoms with Crippen molar-refractivity contribution < 1.29 is 19.4 Å². The number of hydrogen-bond acceptors (Lipinski definition) is 4. The maximum Gasteiger partial charge on any atom is 0.233 e. The number of aliphatic hydroxyl groups is 1. The fourth-order valence-corrected chi connectivity index (χ4v) is 3.84. The first kappa shape index (κ1) is 12.6. The summed E-state index contributed by atoms with van der Waals surface area (Å²) in [6.07, 6.45) is 1.15. The third-order valence-electron chi connectivity index (χ3n) is 4.81. The van der Waals surface area contributed by atoms with Gasteiger partial charge in [0.2, 0.25) is 5.91 Å². The molecule has 1 aliphatic heterocycles. The summed E-state index contributed by atoms with van der Waals surface area (Å²) in [6, 6.07) is 6.97. The summed E-state index contributed by atoms with van der Waals surface area (Å²) in [5.74, 6) is 0.384. The number of ether oxygens (including phenoxy) is 1. The fraction of sp³-hybridized carbons (Fsp3) is 0.375. The number of anilines is 1. The smallest absolute Gasteiger partial charge is 0.233 e. The molecule has 0 aromatic heterocycles. The molecule has 4 atom stereocenters. The first-order valence-electron chi connectivity index (χ1n) is 7.01. The van der Waals surface area contributed by atoms with E-state index < -0.39 is 6.10 Å². The van der Waals surface area contributed by atoms with Crippen LogP contribution >= 0.6 is 0 Å². The van der Waals surface area contributed by atoms with Crippen LogP contribution in [0.15, 0.2) is 35.9 Å². The number of amides is 1. The van der Waals surface area contributed by atoms with Gasteiger partial charge < -0.3 is 14.7 Å². The van der Waals surface area contributed by atoms with Crippen molar-refractivity contribution in [1.82, 2.24) is 0 Å². The van der Waals surface area contributed by atoms with Gasteiger partial charge in [0.25, 0.3) is 0 Å². The van der Waals surface area contributed by atoms with Crippen molar-refractivity contribution in [2.45, 2.75) is 18.6 Å². The Bertz CT molecular complexity index is 663. The van der Waals surface area contributed by atoms with Crippen molar-refractivity contribution in [3.63, 3.8) is 0 Å². The minimum absolute atomic E-state index is 0.00711. The maximum absolute atomic E-state index is 12.4. The van der Waals surface area contributed by atoms with Gasteiger partial charge in [-0.25, -0.2) is 0 Å². The van der Waals surface area contributed by atoms with Crippen LogP contribution in [0.4, 0.5) is 5.69 Å². The highest BCUT2D eigenvalue weighted by molar-refractivity contribution is 6.06. The number of β-lactam (4-membered cyclic amide) rings is 1. The van der Waals surface area contributed by atoms with E-state index in [-0.39, 0.29) is 29.6 Å². The normalized spacial score (nSPS) is 33.4. The predicted molar refractivity (Wildman–Crippen MR) is 75.0 cm³/mol. The van der Waals surface area contributed by atoms with E-state index in [0.717, 1.165) is 17.0 Å². The highest BCUT2D eigenvalue weighted by Gasteiger charge is 2.63. The van der Waals surface area contributed by atoms with Gasteiger partial charge in [0.1, 0.15) is 5.75 Å². The number of nitrogens with zero attached hydrogens (tertiary/aromatic N) is 1. The number of ketones is 1. The van der Waals surface area contributed by atoms with Gasteiger partial charge in [0, 0.05) is 18.0 Å². The van der Waals surface area contributed by atoms with Crippen LogP contribution in [0.5, 0.6) is 5.75 Å². The van der Waals surface area contributed by atoms with Crippen molar-refractivity contribution in [3.05, 3.63) is 35.9 Å².